The van der Waals surface area contributed by atoms with Gasteiger partial charge in [-0.25, -0.2) is 0 Å². The molecule has 0 radical (unpaired) electrons. The van der Waals surface area contributed by atoms with Gasteiger partial charge in [0.1, 0.15) is 5.54 Å². The van der Waals surface area contributed by atoms with Crippen LogP contribution in [0.25, 0.3) is 0 Å². The highest BCUT2D eigenvalue weighted by Crippen LogP contribution is 2.19. The zero-order valence-corrected chi connectivity index (χ0v) is 13.3. The topological polar surface area (TPSA) is 82.4 Å². The molecule has 21 heavy (non-hydrogen) atoms. The number of carbonyl (C=O) groups is 2. The summed E-state index contributed by atoms with van der Waals surface area (Å²) in [6, 6.07) is 2.16. The lowest BCUT2D eigenvalue weighted by Crippen LogP contribution is -2.52. The minimum Gasteiger partial charge on any atom is -0.469 e. The highest BCUT2D eigenvalue weighted by molar-refractivity contribution is 5.79. The van der Waals surface area contributed by atoms with Crippen LogP contribution in [0.2, 0.25) is 0 Å². The fourth-order valence-corrected chi connectivity index (χ4v) is 2.33. The van der Waals surface area contributed by atoms with E-state index in [9.17, 15) is 14.9 Å². The standard InChI is InChI=1S/C15H25N3O3/c1-11(2)15(3,10-16)17-13(19)9-18-7-5-12(6-8-18)14(20)21-4/h11-12H,5-9H2,1-4H3,(H,17,19). The number of esters is 1. The number of hydrogen-bond donors (Lipinski definition) is 1. The molecule has 1 amide bonds. The molecule has 1 unspecified atom stereocenters. The Kier molecular flexibility index (Phi) is 6.16. The van der Waals surface area contributed by atoms with Crippen LogP contribution in [0.5, 0.6) is 0 Å². The van der Waals surface area contributed by atoms with E-state index in [0.717, 1.165) is 0 Å². The van der Waals surface area contributed by atoms with Gasteiger partial charge in [-0.05, 0) is 38.8 Å². The van der Waals surface area contributed by atoms with Crippen molar-refractivity contribution >= 4 is 11.9 Å². The molecule has 0 aromatic rings. The summed E-state index contributed by atoms with van der Waals surface area (Å²) >= 11 is 0. The van der Waals surface area contributed by atoms with Crippen LogP contribution in [0.1, 0.15) is 33.6 Å². The maximum absolute atomic E-state index is 12.1. The molecule has 1 aliphatic rings. The summed E-state index contributed by atoms with van der Waals surface area (Å²) in [5.74, 6) is -0.342. The first kappa shape index (κ1) is 17.4. The van der Waals surface area contributed by atoms with E-state index < -0.39 is 5.54 Å². The zero-order chi connectivity index (χ0) is 16.0. The predicted octanol–water partition coefficient (Wildman–Crippen LogP) is 0.926. The van der Waals surface area contributed by atoms with Crippen LogP contribution in [0.4, 0.5) is 0 Å². The fourth-order valence-electron chi connectivity index (χ4n) is 2.33. The van der Waals surface area contributed by atoms with Crippen LogP contribution in [-0.2, 0) is 14.3 Å². The van der Waals surface area contributed by atoms with Crippen molar-refractivity contribution in [3.05, 3.63) is 0 Å². The van der Waals surface area contributed by atoms with Crippen LogP contribution in [0, 0.1) is 23.2 Å². The van der Waals surface area contributed by atoms with Crippen molar-refractivity contribution in [3.63, 3.8) is 0 Å². The van der Waals surface area contributed by atoms with Crippen LogP contribution < -0.4 is 5.32 Å². The molecule has 1 atom stereocenters. The second kappa shape index (κ2) is 7.41. The SMILES string of the molecule is COC(=O)C1CCN(CC(=O)NC(C)(C#N)C(C)C)CC1. The van der Waals surface area contributed by atoms with Gasteiger partial charge in [0, 0.05) is 0 Å². The van der Waals surface area contributed by atoms with Gasteiger partial charge < -0.3 is 10.1 Å². The summed E-state index contributed by atoms with van der Waals surface area (Å²) in [4.78, 5) is 25.5. The van der Waals surface area contributed by atoms with Crippen LogP contribution >= 0.6 is 0 Å². The maximum Gasteiger partial charge on any atom is 0.308 e. The normalized spacial score (nSPS) is 19.6. The number of amides is 1. The van der Waals surface area contributed by atoms with Gasteiger partial charge in [0.2, 0.25) is 5.91 Å². The van der Waals surface area contributed by atoms with Gasteiger partial charge in [0.25, 0.3) is 0 Å². The number of methoxy groups -OCH3 is 1. The number of rotatable bonds is 5. The molecule has 0 aromatic carbocycles. The Hall–Kier alpha value is -1.61. The summed E-state index contributed by atoms with van der Waals surface area (Å²) in [5.41, 5.74) is -0.846. The molecule has 0 bridgehead atoms. The monoisotopic (exact) mass is 295 g/mol. The van der Waals surface area contributed by atoms with E-state index in [0.29, 0.717) is 25.9 Å². The summed E-state index contributed by atoms with van der Waals surface area (Å²) in [7, 11) is 1.40. The van der Waals surface area contributed by atoms with Gasteiger partial charge in [0.15, 0.2) is 0 Å². The van der Waals surface area contributed by atoms with Gasteiger partial charge in [-0.3, -0.25) is 14.5 Å². The van der Waals surface area contributed by atoms with Gasteiger partial charge in [0.05, 0.1) is 25.6 Å². The minimum atomic E-state index is -0.846. The van der Waals surface area contributed by atoms with E-state index in [1.54, 1.807) is 6.92 Å². The third kappa shape index (κ3) is 4.71. The summed E-state index contributed by atoms with van der Waals surface area (Å²) in [5, 5.41) is 12.0. The van der Waals surface area contributed by atoms with E-state index in [2.05, 4.69) is 11.4 Å². The number of nitriles is 1. The third-order valence-electron chi connectivity index (χ3n) is 4.28. The predicted molar refractivity (Wildman–Crippen MR) is 78.2 cm³/mol. The fraction of sp³-hybridized carbons (Fsp3) is 0.800. The lowest BCUT2D eigenvalue weighted by Gasteiger charge is -2.32. The third-order valence-corrected chi connectivity index (χ3v) is 4.28. The number of piperidine rings is 1. The largest absolute Gasteiger partial charge is 0.469 e. The first-order valence-corrected chi connectivity index (χ1v) is 7.35. The quantitative estimate of drug-likeness (QED) is 0.763. The molecular weight excluding hydrogens is 270 g/mol. The Morgan fingerprint density at radius 1 is 1.43 bits per heavy atom. The van der Waals surface area contributed by atoms with E-state index in [4.69, 9.17) is 4.74 Å². The first-order valence-electron chi connectivity index (χ1n) is 7.35. The van der Waals surface area contributed by atoms with E-state index >= 15 is 0 Å². The second-order valence-corrected chi connectivity index (χ2v) is 6.09. The molecule has 1 heterocycles. The van der Waals surface area contributed by atoms with E-state index in [1.165, 1.54) is 7.11 Å². The Labute approximate surface area is 126 Å². The molecule has 0 aromatic heterocycles. The van der Waals surface area contributed by atoms with Crippen LogP contribution in [0.15, 0.2) is 0 Å². The number of likely N-dealkylation sites (tertiary alicyclic amines) is 1. The molecule has 0 aliphatic carbocycles. The van der Waals surface area contributed by atoms with Crippen LogP contribution in [0.3, 0.4) is 0 Å². The van der Waals surface area contributed by atoms with Crippen molar-refractivity contribution < 1.29 is 14.3 Å². The van der Waals surface area contributed by atoms with Crippen LogP contribution in [-0.4, -0.2) is 49.1 Å². The average Bonchev–Trinajstić information content (AvgIpc) is 2.46. The Morgan fingerprint density at radius 3 is 2.43 bits per heavy atom. The number of nitrogens with one attached hydrogen (secondary N) is 1. The Balaban J connectivity index is 2.44. The van der Waals surface area contributed by atoms with Crippen molar-refractivity contribution in [3.8, 4) is 6.07 Å². The van der Waals surface area contributed by atoms with Crippen molar-refractivity contribution in [1.29, 1.82) is 5.26 Å². The molecule has 1 aliphatic heterocycles. The summed E-state index contributed by atoms with van der Waals surface area (Å²) < 4.78 is 4.74. The second-order valence-electron chi connectivity index (χ2n) is 6.09. The molecule has 0 spiro atoms. The maximum atomic E-state index is 12.1. The first-order chi connectivity index (χ1) is 9.82. The van der Waals surface area contributed by atoms with E-state index in [-0.39, 0.29) is 30.3 Å². The van der Waals surface area contributed by atoms with Gasteiger partial charge >= 0.3 is 5.97 Å². The lowest BCUT2D eigenvalue weighted by atomic mass is 9.90. The molecular formula is C15H25N3O3. The average molecular weight is 295 g/mol. The Morgan fingerprint density at radius 2 is 2.00 bits per heavy atom. The molecule has 1 fully saturated rings. The van der Waals surface area contributed by atoms with Crippen molar-refractivity contribution in [1.82, 2.24) is 10.2 Å². The summed E-state index contributed by atoms with van der Waals surface area (Å²) in [6.45, 7) is 7.20. The molecule has 6 nitrogen and oxygen atoms in total. The molecule has 1 N–H and O–H groups in total. The van der Waals surface area contributed by atoms with Gasteiger partial charge in [-0.2, -0.15) is 5.26 Å². The zero-order valence-electron chi connectivity index (χ0n) is 13.3. The highest BCUT2D eigenvalue weighted by Gasteiger charge is 2.31. The number of ether oxygens (including phenoxy) is 1. The van der Waals surface area contributed by atoms with Crippen molar-refractivity contribution in [2.75, 3.05) is 26.7 Å². The minimum absolute atomic E-state index is 0.0384. The number of carbonyl (C=O) groups excluding carboxylic acids is 2. The molecule has 1 saturated heterocycles. The van der Waals surface area contributed by atoms with Crippen molar-refractivity contribution in [2.45, 2.75) is 39.2 Å². The lowest BCUT2D eigenvalue weighted by molar-refractivity contribution is -0.147. The smallest absolute Gasteiger partial charge is 0.308 e. The molecule has 0 saturated carbocycles. The summed E-state index contributed by atoms with van der Waals surface area (Å²) in [6.07, 6.45) is 1.42. The van der Waals surface area contributed by atoms with Gasteiger partial charge in [-0.15, -0.1) is 0 Å². The molecule has 118 valence electrons. The molecule has 6 heteroatoms. The van der Waals surface area contributed by atoms with E-state index in [1.807, 2.05) is 18.7 Å². The number of nitrogens with zero attached hydrogens (tertiary/aromatic N) is 2. The molecule has 1 rings (SSSR count). The Bertz CT molecular complexity index is 422. The highest BCUT2D eigenvalue weighted by atomic mass is 16.5. The number of hydrogen-bond acceptors (Lipinski definition) is 5. The van der Waals surface area contributed by atoms with Crippen molar-refractivity contribution in [2.24, 2.45) is 11.8 Å². The van der Waals surface area contributed by atoms with Gasteiger partial charge in [-0.1, -0.05) is 13.8 Å².